The molecule has 3 heteroatoms. The minimum absolute atomic E-state index is 0.211. The van der Waals surface area contributed by atoms with Crippen LogP contribution in [0.5, 0.6) is 5.75 Å². The zero-order valence-corrected chi connectivity index (χ0v) is 10.2. The summed E-state index contributed by atoms with van der Waals surface area (Å²) < 4.78 is 13.7. The predicted molar refractivity (Wildman–Crippen MR) is 69.8 cm³/mol. The maximum Gasteiger partial charge on any atom is 0.128 e. The van der Waals surface area contributed by atoms with Crippen LogP contribution in [0, 0.1) is 5.82 Å². The van der Waals surface area contributed by atoms with E-state index < -0.39 is 5.54 Å². The molecule has 0 heterocycles. The minimum Gasteiger partial charge on any atom is -0.508 e. The molecule has 0 radical (unpaired) electrons. The Morgan fingerprint density at radius 2 is 1.72 bits per heavy atom. The molecule has 2 rings (SSSR count). The fraction of sp³-hybridized carbons (Fsp3) is 0.200. The average Bonchev–Trinajstić information content (AvgIpc) is 2.32. The van der Waals surface area contributed by atoms with Gasteiger partial charge in [0.1, 0.15) is 11.6 Å². The number of phenolic OH excluding ortho intramolecular Hbond substituents is 1. The highest BCUT2D eigenvalue weighted by Gasteiger charge is 2.24. The molecule has 0 bridgehead atoms. The highest BCUT2D eigenvalue weighted by atomic mass is 19.1. The summed E-state index contributed by atoms with van der Waals surface area (Å²) in [5.41, 5.74) is 6.89. The van der Waals surface area contributed by atoms with Gasteiger partial charge in [-0.1, -0.05) is 30.3 Å². The molecular weight excluding hydrogens is 229 g/mol. The van der Waals surface area contributed by atoms with Crippen LogP contribution in [0.1, 0.15) is 18.1 Å². The van der Waals surface area contributed by atoms with Gasteiger partial charge in [0.25, 0.3) is 0 Å². The highest BCUT2D eigenvalue weighted by molar-refractivity contribution is 5.31. The van der Waals surface area contributed by atoms with Gasteiger partial charge < -0.3 is 10.8 Å². The molecule has 0 saturated carbocycles. The van der Waals surface area contributed by atoms with Crippen molar-refractivity contribution in [3.05, 3.63) is 65.5 Å². The number of phenols is 1. The van der Waals surface area contributed by atoms with Gasteiger partial charge in [-0.15, -0.1) is 0 Å². The molecule has 18 heavy (non-hydrogen) atoms. The van der Waals surface area contributed by atoms with E-state index in [0.29, 0.717) is 12.0 Å². The molecule has 0 spiro atoms. The van der Waals surface area contributed by atoms with Crippen molar-refractivity contribution in [2.75, 3.05) is 0 Å². The molecule has 94 valence electrons. The second kappa shape index (κ2) is 4.78. The lowest BCUT2D eigenvalue weighted by Gasteiger charge is -2.26. The topological polar surface area (TPSA) is 46.2 Å². The smallest absolute Gasteiger partial charge is 0.128 e. The van der Waals surface area contributed by atoms with Crippen molar-refractivity contribution in [2.45, 2.75) is 18.9 Å². The van der Waals surface area contributed by atoms with E-state index in [0.717, 1.165) is 5.56 Å². The molecule has 0 amide bonds. The lowest BCUT2D eigenvalue weighted by atomic mass is 9.86. The normalized spacial score (nSPS) is 14.2. The molecule has 0 aliphatic heterocycles. The first-order chi connectivity index (χ1) is 8.49. The first-order valence-electron chi connectivity index (χ1n) is 5.81. The molecule has 0 fully saturated rings. The van der Waals surface area contributed by atoms with E-state index in [9.17, 15) is 9.50 Å². The van der Waals surface area contributed by atoms with Crippen LogP contribution in [0.15, 0.2) is 48.5 Å². The number of halogens is 1. The van der Waals surface area contributed by atoms with Crippen molar-refractivity contribution in [3.8, 4) is 5.75 Å². The standard InChI is InChI=1S/C15H16FNO/c1-15(17,13-4-2-3-5-14(13)16)10-11-6-8-12(18)9-7-11/h2-9,18H,10,17H2,1H3. The van der Waals surface area contributed by atoms with Crippen LogP contribution in [-0.4, -0.2) is 5.11 Å². The molecular formula is C15H16FNO. The summed E-state index contributed by atoms with van der Waals surface area (Å²) in [5, 5.41) is 9.22. The van der Waals surface area contributed by atoms with Crippen LogP contribution in [0.4, 0.5) is 4.39 Å². The van der Waals surface area contributed by atoms with Crippen LogP contribution >= 0.6 is 0 Å². The van der Waals surface area contributed by atoms with Crippen molar-refractivity contribution >= 4 is 0 Å². The molecule has 0 saturated heterocycles. The van der Waals surface area contributed by atoms with E-state index in [4.69, 9.17) is 5.73 Å². The third-order valence-corrected chi connectivity index (χ3v) is 3.00. The van der Waals surface area contributed by atoms with E-state index in [2.05, 4.69) is 0 Å². The van der Waals surface area contributed by atoms with E-state index >= 15 is 0 Å². The third-order valence-electron chi connectivity index (χ3n) is 3.00. The van der Waals surface area contributed by atoms with Gasteiger partial charge in [0, 0.05) is 11.1 Å². The molecule has 0 aliphatic rings. The Morgan fingerprint density at radius 3 is 2.33 bits per heavy atom. The zero-order valence-electron chi connectivity index (χ0n) is 10.2. The van der Waals surface area contributed by atoms with Crippen LogP contribution < -0.4 is 5.73 Å². The van der Waals surface area contributed by atoms with E-state index in [1.807, 2.05) is 0 Å². The van der Waals surface area contributed by atoms with Gasteiger partial charge in [0.15, 0.2) is 0 Å². The summed E-state index contributed by atoms with van der Waals surface area (Å²) in [6, 6.07) is 13.3. The monoisotopic (exact) mass is 245 g/mol. The summed E-state index contributed by atoms with van der Waals surface area (Å²) in [6.45, 7) is 1.80. The van der Waals surface area contributed by atoms with Crippen molar-refractivity contribution < 1.29 is 9.50 Å². The number of nitrogens with two attached hydrogens (primary N) is 1. The summed E-state index contributed by atoms with van der Waals surface area (Å²) >= 11 is 0. The second-order valence-electron chi connectivity index (χ2n) is 4.74. The maximum atomic E-state index is 13.7. The highest BCUT2D eigenvalue weighted by Crippen LogP contribution is 2.25. The van der Waals surface area contributed by atoms with Crippen molar-refractivity contribution in [2.24, 2.45) is 5.73 Å². The molecule has 1 atom stereocenters. The predicted octanol–water partition coefficient (Wildman–Crippen LogP) is 2.95. The first-order valence-corrected chi connectivity index (χ1v) is 5.81. The quantitative estimate of drug-likeness (QED) is 0.873. The number of hydrogen-bond acceptors (Lipinski definition) is 2. The second-order valence-corrected chi connectivity index (χ2v) is 4.74. The molecule has 1 unspecified atom stereocenters. The lowest BCUT2D eigenvalue weighted by Crippen LogP contribution is -2.36. The number of hydrogen-bond donors (Lipinski definition) is 2. The summed E-state index contributed by atoms with van der Waals surface area (Å²) in [7, 11) is 0. The molecule has 2 aromatic carbocycles. The molecule has 0 aromatic heterocycles. The van der Waals surface area contributed by atoms with Crippen LogP contribution in [0.3, 0.4) is 0 Å². The fourth-order valence-corrected chi connectivity index (χ4v) is 2.06. The molecule has 2 nitrogen and oxygen atoms in total. The lowest BCUT2D eigenvalue weighted by molar-refractivity contribution is 0.455. The van der Waals surface area contributed by atoms with E-state index in [-0.39, 0.29) is 11.6 Å². The van der Waals surface area contributed by atoms with Gasteiger partial charge >= 0.3 is 0 Å². The number of rotatable bonds is 3. The van der Waals surface area contributed by atoms with E-state index in [1.165, 1.54) is 6.07 Å². The number of benzene rings is 2. The third kappa shape index (κ3) is 2.68. The molecule has 0 aliphatic carbocycles. The van der Waals surface area contributed by atoms with Crippen LogP contribution in [0.25, 0.3) is 0 Å². The van der Waals surface area contributed by atoms with Gasteiger partial charge in [0.05, 0.1) is 0 Å². The Kier molecular flexibility index (Phi) is 3.34. The Labute approximate surface area is 106 Å². The average molecular weight is 245 g/mol. The van der Waals surface area contributed by atoms with Gasteiger partial charge in [0.2, 0.25) is 0 Å². The Balaban J connectivity index is 2.27. The maximum absolute atomic E-state index is 13.7. The van der Waals surface area contributed by atoms with E-state index in [1.54, 1.807) is 49.4 Å². The number of aromatic hydroxyl groups is 1. The largest absolute Gasteiger partial charge is 0.508 e. The van der Waals surface area contributed by atoms with Crippen molar-refractivity contribution in [1.29, 1.82) is 0 Å². The molecule has 3 N–H and O–H groups in total. The summed E-state index contributed by atoms with van der Waals surface area (Å²) in [4.78, 5) is 0. The van der Waals surface area contributed by atoms with Crippen LogP contribution in [0.2, 0.25) is 0 Å². The van der Waals surface area contributed by atoms with Gasteiger partial charge in [-0.3, -0.25) is 0 Å². The Bertz CT molecular complexity index is 534. The Morgan fingerprint density at radius 1 is 1.11 bits per heavy atom. The SMILES string of the molecule is CC(N)(Cc1ccc(O)cc1)c1ccccc1F. The first kappa shape index (κ1) is 12.6. The fourth-order valence-electron chi connectivity index (χ4n) is 2.06. The van der Waals surface area contributed by atoms with Gasteiger partial charge in [-0.25, -0.2) is 4.39 Å². The van der Waals surface area contributed by atoms with Crippen LogP contribution in [-0.2, 0) is 12.0 Å². The zero-order chi connectivity index (χ0) is 13.2. The summed E-state index contributed by atoms with van der Waals surface area (Å²) in [5.74, 6) is -0.0790. The minimum atomic E-state index is -0.775. The molecule has 2 aromatic rings. The summed E-state index contributed by atoms with van der Waals surface area (Å²) in [6.07, 6.45) is 0.508. The van der Waals surface area contributed by atoms with Gasteiger partial charge in [-0.05, 0) is 37.1 Å². The van der Waals surface area contributed by atoms with Crippen molar-refractivity contribution in [1.82, 2.24) is 0 Å². The van der Waals surface area contributed by atoms with Crippen molar-refractivity contribution in [3.63, 3.8) is 0 Å². The van der Waals surface area contributed by atoms with Gasteiger partial charge in [-0.2, -0.15) is 0 Å². The Hall–Kier alpha value is -1.87.